The zero-order valence-corrected chi connectivity index (χ0v) is 23.8. The molecule has 0 radical (unpaired) electrons. The Labute approximate surface area is 232 Å². The molecule has 39 heavy (non-hydrogen) atoms. The number of para-hydroxylation sites is 2. The number of nitrogens with one attached hydrogen (secondary N) is 1. The topological polar surface area (TPSA) is 51.5 Å². The van der Waals surface area contributed by atoms with Crippen molar-refractivity contribution >= 4 is 5.91 Å². The number of furan rings is 1. The third-order valence-electron chi connectivity index (χ3n) is 8.18. The van der Waals surface area contributed by atoms with E-state index in [2.05, 4.69) is 52.1 Å². The molecule has 0 fully saturated rings. The lowest BCUT2D eigenvalue weighted by atomic mass is 9.62. The Morgan fingerprint density at radius 2 is 1.51 bits per heavy atom. The normalized spacial score (nSPS) is 15.4. The Kier molecular flexibility index (Phi) is 7.40. The van der Waals surface area contributed by atoms with E-state index in [4.69, 9.17) is 9.15 Å². The molecule has 3 aromatic carbocycles. The molecule has 0 aliphatic heterocycles. The van der Waals surface area contributed by atoms with Gasteiger partial charge in [-0.1, -0.05) is 76.2 Å². The van der Waals surface area contributed by atoms with E-state index in [9.17, 15) is 4.79 Å². The monoisotopic (exact) mass is 521 g/mol. The van der Waals surface area contributed by atoms with E-state index >= 15 is 0 Å². The van der Waals surface area contributed by atoms with Crippen molar-refractivity contribution < 1.29 is 13.9 Å². The number of carbonyl (C=O) groups is 1. The third kappa shape index (κ3) is 5.95. The van der Waals surface area contributed by atoms with E-state index in [1.54, 1.807) is 6.07 Å². The van der Waals surface area contributed by atoms with Crippen molar-refractivity contribution in [1.29, 1.82) is 0 Å². The summed E-state index contributed by atoms with van der Waals surface area (Å²) in [6.45, 7) is 12.1. The Balaban J connectivity index is 1.22. The standard InChI is InChI=1S/C35H39NO3/c1-24-21-29-30(35(4,5)19-18-34(29,2)3)23-26(24)22-28-15-16-32(39-28)33(37)36-20-17-25-11-9-10-14-31(25)38-27-12-7-6-8-13-27/h6-16,21,23H,17-20,22H2,1-5H3,(H,36,37). The summed E-state index contributed by atoms with van der Waals surface area (Å²) in [6.07, 6.45) is 3.72. The zero-order chi connectivity index (χ0) is 27.6. The van der Waals surface area contributed by atoms with Gasteiger partial charge in [0.05, 0.1) is 0 Å². The van der Waals surface area contributed by atoms with Gasteiger partial charge in [0.1, 0.15) is 17.3 Å². The van der Waals surface area contributed by atoms with Crippen LogP contribution in [-0.2, 0) is 23.7 Å². The molecule has 5 rings (SSSR count). The highest BCUT2D eigenvalue weighted by Gasteiger charge is 2.37. The van der Waals surface area contributed by atoms with Crippen LogP contribution in [0, 0.1) is 6.92 Å². The van der Waals surface area contributed by atoms with Crippen LogP contribution >= 0.6 is 0 Å². The van der Waals surface area contributed by atoms with Crippen molar-refractivity contribution in [1.82, 2.24) is 5.32 Å². The van der Waals surface area contributed by atoms with Crippen LogP contribution in [-0.4, -0.2) is 12.5 Å². The first kappa shape index (κ1) is 26.8. The molecule has 0 bridgehead atoms. The number of benzene rings is 3. The van der Waals surface area contributed by atoms with E-state index < -0.39 is 0 Å². The molecule has 1 amide bonds. The van der Waals surface area contributed by atoms with Gasteiger partial charge >= 0.3 is 0 Å². The maximum absolute atomic E-state index is 12.9. The van der Waals surface area contributed by atoms with Gasteiger partial charge in [0.2, 0.25) is 0 Å². The van der Waals surface area contributed by atoms with E-state index in [-0.39, 0.29) is 16.7 Å². The van der Waals surface area contributed by atoms with Crippen molar-refractivity contribution in [3.63, 3.8) is 0 Å². The smallest absolute Gasteiger partial charge is 0.287 e. The van der Waals surface area contributed by atoms with Gasteiger partial charge in [-0.3, -0.25) is 4.79 Å². The third-order valence-corrected chi connectivity index (χ3v) is 8.18. The number of ether oxygens (including phenoxy) is 1. The highest BCUT2D eigenvalue weighted by molar-refractivity contribution is 5.91. The summed E-state index contributed by atoms with van der Waals surface area (Å²) in [6, 6.07) is 26.1. The average molecular weight is 522 g/mol. The van der Waals surface area contributed by atoms with Crippen molar-refractivity contribution in [2.45, 2.75) is 71.1 Å². The molecule has 0 saturated heterocycles. The lowest BCUT2D eigenvalue weighted by Gasteiger charge is -2.42. The van der Waals surface area contributed by atoms with Crippen LogP contribution in [0.2, 0.25) is 0 Å². The highest BCUT2D eigenvalue weighted by Crippen LogP contribution is 2.46. The minimum Gasteiger partial charge on any atom is -0.457 e. The summed E-state index contributed by atoms with van der Waals surface area (Å²) >= 11 is 0. The summed E-state index contributed by atoms with van der Waals surface area (Å²) in [5, 5.41) is 3.00. The first-order valence-corrected chi connectivity index (χ1v) is 13.9. The van der Waals surface area contributed by atoms with Crippen molar-refractivity contribution in [2.75, 3.05) is 6.54 Å². The highest BCUT2D eigenvalue weighted by atomic mass is 16.5. The number of amides is 1. The Bertz CT molecular complexity index is 1460. The summed E-state index contributed by atoms with van der Waals surface area (Å²) in [5.41, 5.74) is 6.84. The van der Waals surface area contributed by atoms with Crippen LogP contribution in [0.25, 0.3) is 0 Å². The van der Waals surface area contributed by atoms with Crippen molar-refractivity contribution in [2.24, 2.45) is 0 Å². The first-order chi connectivity index (χ1) is 18.6. The molecular weight excluding hydrogens is 482 g/mol. The second-order valence-corrected chi connectivity index (χ2v) is 12.1. The summed E-state index contributed by atoms with van der Waals surface area (Å²) in [5.74, 6) is 2.53. The Morgan fingerprint density at radius 1 is 0.846 bits per heavy atom. The van der Waals surface area contributed by atoms with Gasteiger partial charge in [0.15, 0.2) is 5.76 Å². The molecular formula is C35H39NO3. The fourth-order valence-corrected chi connectivity index (χ4v) is 5.56. The molecule has 0 unspecified atom stereocenters. The van der Waals surface area contributed by atoms with Gasteiger partial charge in [-0.2, -0.15) is 0 Å². The summed E-state index contributed by atoms with van der Waals surface area (Å²) in [7, 11) is 0. The van der Waals surface area contributed by atoms with Gasteiger partial charge in [-0.25, -0.2) is 0 Å². The fourth-order valence-electron chi connectivity index (χ4n) is 5.56. The second kappa shape index (κ2) is 10.8. The first-order valence-electron chi connectivity index (χ1n) is 13.9. The SMILES string of the molecule is Cc1cc2c(cc1Cc1ccc(C(=O)NCCc3ccccc3Oc3ccccc3)o1)C(C)(C)CCC2(C)C. The quantitative estimate of drug-likeness (QED) is 0.254. The molecule has 4 heteroatoms. The van der Waals surface area contributed by atoms with Gasteiger partial charge in [-0.15, -0.1) is 0 Å². The maximum atomic E-state index is 12.9. The summed E-state index contributed by atoms with van der Waals surface area (Å²) < 4.78 is 12.1. The predicted octanol–water partition coefficient (Wildman–Crippen LogP) is 8.29. The number of aryl methyl sites for hydroxylation is 1. The molecule has 0 spiro atoms. The van der Waals surface area contributed by atoms with Gasteiger partial charge in [-0.05, 0) is 95.2 Å². The molecule has 4 nitrogen and oxygen atoms in total. The minimum atomic E-state index is -0.201. The van der Waals surface area contributed by atoms with Gasteiger partial charge in [0.25, 0.3) is 5.91 Å². The molecule has 202 valence electrons. The fraction of sp³-hybridized carbons (Fsp3) is 0.343. The molecule has 0 saturated carbocycles. The molecule has 1 aliphatic rings. The average Bonchev–Trinajstić information content (AvgIpc) is 3.38. The van der Waals surface area contributed by atoms with Crippen molar-refractivity contribution in [3.05, 3.63) is 118 Å². The Hall–Kier alpha value is -3.79. The predicted molar refractivity (Wildman–Crippen MR) is 157 cm³/mol. The van der Waals surface area contributed by atoms with Crippen LogP contribution in [0.15, 0.2) is 83.3 Å². The second-order valence-electron chi connectivity index (χ2n) is 12.1. The Morgan fingerprint density at radius 3 is 2.26 bits per heavy atom. The lowest BCUT2D eigenvalue weighted by molar-refractivity contribution is 0.0924. The molecule has 0 atom stereocenters. The summed E-state index contributed by atoms with van der Waals surface area (Å²) in [4.78, 5) is 12.9. The maximum Gasteiger partial charge on any atom is 0.287 e. The van der Waals surface area contributed by atoms with Crippen LogP contribution in [0.1, 0.15) is 84.7 Å². The number of hydrogen-bond donors (Lipinski definition) is 1. The minimum absolute atomic E-state index is 0.159. The van der Waals surface area contributed by atoms with Gasteiger partial charge in [0, 0.05) is 13.0 Å². The molecule has 1 aliphatic carbocycles. The molecule has 4 aromatic rings. The van der Waals surface area contributed by atoms with Crippen LogP contribution in [0.4, 0.5) is 0 Å². The van der Waals surface area contributed by atoms with Crippen LogP contribution < -0.4 is 10.1 Å². The van der Waals surface area contributed by atoms with Gasteiger partial charge < -0.3 is 14.5 Å². The van der Waals surface area contributed by atoms with Crippen LogP contribution in [0.5, 0.6) is 11.5 Å². The van der Waals surface area contributed by atoms with E-state index in [0.29, 0.717) is 25.1 Å². The number of hydrogen-bond acceptors (Lipinski definition) is 3. The van der Waals surface area contributed by atoms with E-state index in [1.165, 1.54) is 35.1 Å². The van der Waals surface area contributed by atoms with E-state index in [1.807, 2.05) is 60.7 Å². The lowest BCUT2D eigenvalue weighted by Crippen LogP contribution is -2.34. The molecule has 1 heterocycles. The number of fused-ring (bicyclic) bond motifs is 1. The molecule has 1 N–H and O–H groups in total. The zero-order valence-electron chi connectivity index (χ0n) is 23.8. The number of rotatable bonds is 8. The van der Waals surface area contributed by atoms with E-state index in [0.717, 1.165) is 22.8 Å². The van der Waals surface area contributed by atoms with Crippen molar-refractivity contribution in [3.8, 4) is 11.5 Å². The number of carbonyl (C=O) groups excluding carboxylic acids is 1. The van der Waals surface area contributed by atoms with Crippen LogP contribution in [0.3, 0.4) is 0 Å². The molecule has 1 aromatic heterocycles. The largest absolute Gasteiger partial charge is 0.457 e.